The van der Waals surface area contributed by atoms with Gasteiger partial charge in [0.2, 0.25) is 5.91 Å². The minimum atomic E-state index is -0.585. The summed E-state index contributed by atoms with van der Waals surface area (Å²) < 4.78 is 19.8. The van der Waals surface area contributed by atoms with E-state index in [2.05, 4.69) is 11.4 Å². The number of benzene rings is 2. The van der Waals surface area contributed by atoms with Crippen molar-refractivity contribution in [2.45, 2.75) is 25.8 Å². The molecule has 2 heterocycles. The van der Waals surface area contributed by atoms with Gasteiger partial charge in [0.15, 0.2) is 0 Å². The molecular weight excluding hydrogens is 451 g/mol. The molecule has 5 nitrogen and oxygen atoms in total. The Bertz CT molecular complexity index is 1120. The summed E-state index contributed by atoms with van der Waals surface area (Å²) in [6.07, 6.45) is 1.35. The van der Waals surface area contributed by atoms with Crippen LogP contribution < -0.4 is 0 Å². The highest BCUT2D eigenvalue weighted by Gasteiger charge is 2.34. The van der Waals surface area contributed by atoms with Gasteiger partial charge < -0.3 is 14.5 Å². The molecule has 7 heteroatoms. The minimum absolute atomic E-state index is 0.0231. The first-order chi connectivity index (χ1) is 16.6. The number of thiophene rings is 1. The van der Waals surface area contributed by atoms with E-state index in [9.17, 15) is 14.0 Å². The third-order valence-electron chi connectivity index (χ3n) is 6.04. The van der Waals surface area contributed by atoms with Crippen molar-refractivity contribution < 1.29 is 18.7 Å². The van der Waals surface area contributed by atoms with Crippen molar-refractivity contribution in [2.24, 2.45) is 0 Å². The fraction of sp³-hybridized carbons (Fsp3) is 0.333. The van der Waals surface area contributed by atoms with E-state index in [0.29, 0.717) is 32.7 Å². The topological polar surface area (TPSA) is 49.9 Å². The van der Waals surface area contributed by atoms with Gasteiger partial charge in [-0.1, -0.05) is 42.5 Å². The van der Waals surface area contributed by atoms with E-state index < -0.39 is 11.7 Å². The van der Waals surface area contributed by atoms with Crippen LogP contribution in [0.1, 0.15) is 45.7 Å². The first kappa shape index (κ1) is 24.1. The molecule has 1 aliphatic rings. The number of ether oxygens (including phenoxy) is 1. The Hall–Kier alpha value is -3.03. The van der Waals surface area contributed by atoms with Gasteiger partial charge in [-0.3, -0.25) is 9.59 Å². The summed E-state index contributed by atoms with van der Waals surface area (Å²) in [4.78, 5) is 31.5. The quantitative estimate of drug-likeness (QED) is 0.408. The zero-order valence-corrected chi connectivity index (χ0v) is 20.1. The van der Waals surface area contributed by atoms with Gasteiger partial charge in [0, 0.05) is 31.2 Å². The van der Waals surface area contributed by atoms with Gasteiger partial charge in [0.05, 0.1) is 11.6 Å². The maximum Gasteiger partial charge on any atom is 0.257 e. The molecule has 0 saturated carbocycles. The van der Waals surface area contributed by atoms with E-state index >= 15 is 0 Å². The van der Waals surface area contributed by atoms with Gasteiger partial charge in [-0.05, 0) is 54.5 Å². The molecule has 0 spiro atoms. The number of amides is 2. The van der Waals surface area contributed by atoms with E-state index in [0.717, 1.165) is 17.5 Å². The number of rotatable bonds is 9. The van der Waals surface area contributed by atoms with E-state index in [4.69, 9.17) is 4.74 Å². The van der Waals surface area contributed by atoms with Gasteiger partial charge in [-0.25, -0.2) is 4.39 Å². The van der Waals surface area contributed by atoms with Crippen molar-refractivity contribution in [1.82, 2.24) is 9.80 Å². The maximum atomic E-state index is 14.4. The second-order valence-electron chi connectivity index (χ2n) is 8.21. The van der Waals surface area contributed by atoms with Crippen molar-refractivity contribution >= 4 is 23.2 Å². The van der Waals surface area contributed by atoms with Crippen LogP contribution in [0.2, 0.25) is 0 Å². The Morgan fingerprint density at radius 1 is 1.12 bits per heavy atom. The lowest BCUT2D eigenvalue weighted by atomic mass is 9.93. The van der Waals surface area contributed by atoms with Crippen molar-refractivity contribution in [3.8, 4) is 0 Å². The fourth-order valence-electron chi connectivity index (χ4n) is 4.39. The summed E-state index contributed by atoms with van der Waals surface area (Å²) in [5.41, 5.74) is 2.16. The molecule has 1 aromatic heterocycles. The third kappa shape index (κ3) is 5.37. The van der Waals surface area contributed by atoms with Gasteiger partial charge in [-0.15, -0.1) is 11.3 Å². The molecule has 1 atom stereocenters. The van der Waals surface area contributed by atoms with Crippen molar-refractivity contribution in [3.63, 3.8) is 0 Å². The third-order valence-corrected chi connectivity index (χ3v) is 7.04. The van der Waals surface area contributed by atoms with Crippen LogP contribution in [0.5, 0.6) is 0 Å². The number of hydrogen-bond donors (Lipinski definition) is 0. The molecule has 2 amide bonds. The minimum Gasteiger partial charge on any atom is -0.382 e. The highest BCUT2D eigenvalue weighted by molar-refractivity contribution is 7.10. The molecular formula is C27H29FN2O3S. The van der Waals surface area contributed by atoms with Crippen LogP contribution in [-0.2, 0) is 16.0 Å². The number of carbonyl (C=O) groups is 2. The zero-order chi connectivity index (χ0) is 23.9. The SMILES string of the molecule is CCOCCCN(CC(=O)N1CCc2sccc2C1c1ccccc1)C(=O)c1ccccc1F. The fourth-order valence-corrected chi connectivity index (χ4v) is 5.30. The summed E-state index contributed by atoms with van der Waals surface area (Å²) in [6.45, 7) is 3.74. The van der Waals surface area contributed by atoms with Crippen LogP contribution in [0, 0.1) is 5.82 Å². The summed E-state index contributed by atoms with van der Waals surface area (Å²) in [5.74, 6) is -1.21. The lowest BCUT2D eigenvalue weighted by Gasteiger charge is -2.37. The highest BCUT2D eigenvalue weighted by atomic mass is 32.1. The summed E-state index contributed by atoms with van der Waals surface area (Å²) in [6, 6.07) is 17.8. The molecule has 2 aromatic carbocycles. The molecule has 0 bridgehead atoms. The molecule has 1 aliphatic heterocycles. The van der Waals surface area contributed by atoms with Crippen LogP contribution in [0.3, 0.4) is 0 Å². The van der Waals surface area contributed by atoms with Crippen molar-refractivity contribution in [3.05, 3.63) is 93.4 Å². The number of halogens is 1. The standard InChI is InChI=1S/C27H29FN2O3S/c1-2-33-17-8-15-29(27(32)21-11-6-7-12-23(21)28)19-25(31)30-16-13-24-22(14-18-34-24)26(30)20-9-4-3-5-10-20/h3-7,9-12,14,18,26H,2,8,13,15-17,19H2,1H3. The Balaban J connectivity index is 1.58. The summed E-state index contributed by atoms with van der Waals surface area (Å²) >= 11 is 1.71. The lowest BCUT2D eigenvalue weighted by Crippen LogP contribution is -2.47. The molecule has 0 radical (unpaired) electrons. The van der Waals surface area contributed by atoms with Crippen LogP contribution in [0.15, 0.2) is 66.0 Å². The summed E-state index contributed by atoms with van der Waals surface area (Å²) in [7, 11) is 0. The number of nitrogens with zero attached hydrogens (tertiary/aromatic N) is 2. The van der Waals surface area contributed by atoms with Crippen LogP contribution in [-0.4, -0.2) is 54.5 Å². The maximum absolute atomic E-state index is 14.4. The average Bonchev–Trinajstić information content (AvgIpc) is 3.34. The molecule has 0 aliphatic carbocycles. The van der Waals surface area contributed by atoms with Gasteiger partial charge >= 0.3 is 0 Å². The van der Waals surface area contributed by atoms with E-state index in [1.165, 1.54) is 21.9 Å². The molecule has 3 aromatic rings. The van der Waals surface area contributed by atoms with Crippen molar-refractivity contribution in [1.29, 1.82) is 0 Å². The monoisotopic (exact) mass is 480 g/mol. The zero-order valence-electron chi connectivity index (χ0n) is 19.3. The molecule has 1 unspecified atom stereocenters. The van der Waals surface area contributed by atoms with Gasteiger partial charge in [0.25, 0.3) is 5.91 Å². The lowest BCUT2D eigenvalue weighted by molar-refractivity contribution is -0.134. The van der Waals surface area contributed by atoms with Crippen molar-refractivity contribution in [2.75, 3.05) is 32.8 Å². The second kappa shape index (κ2) is 11.4. The van der Waals surface area contributed by atoms with E-state index in [1.54, 1.807) is 23.5 Å². The number of fused-ring (bicyclic) bond motifs is 1. The Morgan fingerprint density at radius 3 is 2.65 bits per heavy atom. The first-order valence-corrected chi connectivity index (χ1v) is 12.5. The molecule has 34 heavy (non-hydrogen) atoms. The largest absolute Gasteiger partial charge is 0.382 e. The molecule has 178 valence electrons. The first-order valence-electron chi connectivity index (χ1n) is 11.6. The predicted octanol–water partition coefficient (Wildman–Crippen LogP) is 4.93. The Labute approximate surface area is 203 Å². The van der Waals surface area contributed by atoms with Gasteiger partial charge in [0.1, 0.15) is 12.4 Å². The van der Waals surface area contributed by atoms with Crippen LogP contribution >= 0.6 is 11.3 Å². The highest BCUT2D eigenvalue weighted by Crippen LogP contribution is 2.37. The number of carbonyl (C=O) groups excluding carboxylic acids is 2. The molecule has 0 fully saturated rings. The summed E-state index contributed by atoms with van der Waals surface area (Å²) in [5, 5.41) is 2.07. The van der Waals surface area contributed by atoms with Crippen LogP contribution in [0.4, 0.5) is 4.39 Å². The van der Waals surface area contributed by atoms with E-state index in [1.807, 2.05) is 42.2 Å². The second-order valence-corrected chi connectivity index (χ2v) is 9.21. The van der Waals surface area contributed by atoms with Crippen LogP contribution in [0.25, 0.3) is 0 Å². The molecule has 0 N–H and O–H groups in total. The normalized spacial score (nSPS) is 15.1. The Kier molecular flexibility index (Phi) is 8.08. The number of hydrogen-bond acceptors (Lipinski definition) is 4. The van der Waals surface area contributed by atoms with E-state index in [-0.39, 0.29) is 24.1 Å². The smallest absolute Gasteiger partial charge is 0.257 e. The molecule has 4 rings (SSSR count). The predicted molar refractivity (Wildman–Crippen MR) is 131 cm³/mol. The Morgan fingerprint density at radius 2 is 1.88 bits per heavy atom. The average molecular weight is 481 g/mol. The molecule has 0 saturated heterocycles. The van der Waals surface area contributed by atoms with Gasteiger partial charge in [-0.2, -0.15) is 0 Å².